The minimum Gasteiger partial charge on any atom is -0.508 e. The predicted octanol–water partition coefficient (Wildman–Crippen LogP) is 4.84. The summed E-state index contributed by atoms with van der Waals surface area (Å²) in [5.74, 6) is 0.174. The molecule has 0 saturated heterocycles. The summed E-state index contributed by atoms with van der Waals surface area (Å²) in [5, 5.41) is 20.6. The maximum atomic E-state index is 9.73. The van der Waals surface area contributed by atoms with E-state index in [9.17, 15) is 10.2 Å². The molecule has 0 fully saturated rings. The molecule has 2 rings (SSSR count). The summed E-state index contributed by atoms with van der Waals surface area (Å²) in [6.07, 6.45) is 1.02. The molecule has 2 nitrogen and oxygen atoms in total. The van der Waals surface area contributed by atoms with Gasteiger partial charge in [-0.3, -0.25) is 0 Å². The second-order valence-corrected chi connectivity index (χ2v) is 5.35. The fraction of sp³-hybridized carbons (Fsp3) is 0.143. The van der Waals surface area contributed by atoms with Gasteiger partial charge in [0.1, 0.15) is 11.5 Å². The van der Waals surface area contributed by atoms with Crippen LogP contribution in [0.25, 0.3) is 0 Å². The zero-order valence-electron chi connectivity index (χ0n) is 9.83. The first-order valence-corrected chi connectivity index (χ1v) is 6.75. The fourth-order valence-corrected chi connectivity index (χ4v) is 2.58. The van der Waals surface area contributed by atoms with Gasteiger partial charge in [-0.05, 0) is 54.3 Å². The molecule has 0 aliphatic carbocycles. The van der Waals surface area contributed by atoms with Crippen LogP contribution < -0.4 is 0 Å². The van der Waals surface area contributed by atoms with E-state index in [-0.39, 0.29) is 16.5 Å². The molecule has 0 unspecified atom stereocenters. The van der Waals surface area contributed by atoms with Crippen molar-refractivity contribution in [3.63, 3.8) is 0 Å². The van der Waals surface area contributed by atoms with Crippen LogP contribution in [0.2, 0.25) is 15.1 Å². The van der Waals surface area contributed by atoms with E-state index in [0.29, 0.717) is 34.0 Å². The minimum atomic E-state index is -0.00335. The van der Waals surface area contributed by atoms with Gasteiger partial charge in [0.25, 0.3) is 0 Å². The Morgan fingerprint density at radius 3 is 2.26 bits per heavy atom. The first-order chi connectivity index (χ1) is 8.99. The Balaban J connectivity index is 2.24. The van der Waals surface area contributed by atoms with Crippen molar-refractivity contribution in [2.75, 3.05) is 0 Å². The van der Waals surface area contributed by atoms with Gasteiger partial charge in [-0.15, -0.1) is 0 Å². The van der Waals surface area contributed by atoms with Gasteiger partial charge < -0.3 is 10.2 Å². The molecule has 0 heterocycles. The van der Waals surface area contributed by atoms with Crippen molar-refractivity contribution in [1.82, 2.24) is 0 Å². The fourth-order valence-electron chi connectivity index (χ4n) is 1.83. The van der Waals surface area contributed by atoms with E-state index in [1.54, 1.807) is 24.3 Å². The molecule has 0 aliphatic rings. The predicted molar refractivity (Wildman–Crippen MR) is 78.7 cm³/mol. The molecule has 0 spiro atoms. The average molecular weight is 318 g/mol. The number of phenols is 2. The van der Waals surface area contributed by atoms with Crippen LogP contribution in [0.4, 0.5) is 0 Å². The molecule has 0 atom stereocenters. The standard InChI is InChI=1S/C14H11Cl3O2/c15-9-2-5-12(18)8(7-9)1-3-10-11(16)4-6-13(19)14(10)17/h2,4-7,18-19H,1,3H2. The maximum Gasteiger partial charge on any atom is 0.134 e. The average Bonchev–Trinajstić information content (AvgIpc) is 2.38. The van der Waals surface area contributed by atoms with Crippen LogP contribution >= 0.6 is 34.8 Å². The lowest BCUT2D eigenvalue weighted by Gasteiger charge is -2.09. The van der Waals surface area contributed by atoms with E-state index >= 15 is 0 Å². The first kappa shape index (κ1) is 14.3. The molecule has 0 aliphatic heterocycles. The highest BCUT2D eigenvalue weighted by molar-refractivity contribution is 6.36. The van der Waals surface area contributed by atoms with E-state index in [4.69, 9.17) is 34.8 Å². The highest BCUT2D eigenvalue weighted by Gasteiger charge is 2.11. The van der Waals surface area contributed by atoms with E-state index in [2.05, 4.69) is 0 Å². The van der Waals surface area contributed by atoms with Gasteiger partial charge in [0.05, 0.1) is 5.02 Å². The van der Waals surface area contributed by atoms with Crippen LogP contribution in [-0.2, 0) is 12.8 Å². The molecule has 100 valence electrons. The van der Waals surface area contributed by atoms with Gasteiger partial charge in [0.2, 0.25) is 0 Å². The van der Waals surface area contributed by atoms with Crippen LogP contribution in [0, 0.1) is 0 Å². The lowest BCUT2D eigenvalue weighted by atomic mass is 10.0. The number of aromatic hydroxyl groups is 2. The second kappa shape index (κ2) is 5.91. The lowest BCUT2D eigenvalue weighted by Crippen LogP contribution is -1.94. The number of halogens is 3. The highest BCUT2D eigenvalue weighted by Crippen LogP contribution is 2.34. The molecular formula is C14H11Cl3O2. The summed E-state index contributed by atoms with van der Waals surface area (Å²) in [5.41, 5.74) is 1.37. The van der Waals surface area contributed by atoms with Gasteiger partial charge in [-0.2, -0.15) is 0 Å². The summed E-state index contributed by atoms with van der Waals surface area (Å²) in [6, 6.07) is 7.90. The smallest absolute Gasteiger partial charge is 0.134 e. The third-order valence-corrected chi connectivity index (χ3v) is 3.86. The molecule has 0 bridgehead atoms. The first-order valence-electron chi connectivity index (χ1n) is 5.62. The molecule has 2 aromatic rings. The Hall–Kier alpha value is -1.09. The normalized spacial score (nSPS) is 10.7. The summed E-state index contributed by atoms with van der Waals surface area (Å²) in [6.45, 7) is 0. The monoisotopic (exact) mass is 316 g/mol. The number of aryl methyl sites for hydroxylation is 1. The summed E-state index contributed by atoms with van der Waals surface area (Å²) >= 11 is 18.0. The molecule has 0 saturated carbocycles. The third kappa shape index (κ3) is 3.27. The van der Waals surface area contributed by atoms with Gasteiger partial charge >= 0.3 is 0 Å². The van der Waals surface area contributed by atoms with Gasteiger partial charge in [0.15, 0.2) is 0 Å². The second-order valence-electron chi connectivity index (χ2n) is 4.13. The quantitative estimate of drug-likeness (QED) is 0.850. The van der Waals surface area contributed by atoms with Crippen molar-refractivity contribution >= 4 is 34.8 Å². The summed E-state index contributed by atoms with van der Waals surface area (Å²) in [4.78, 5) is 0. The van der Waals surface area contributed by atoms with Crippen LogP contribution in [0.1, 0.15) is 11.1 Å². The number of hydrogen-bond donors (Lipinski definition) is 2. The van der Waals surface area contributed by atoms with Gasteiger partial charge in [-0.25, -0.2) is 0 Å². The van der Waals surface area contributed by atoms with Gasteiger partial charge in [0, 0.05) is 10.0 Å². The number of hydrogen-bond acceptors (Lipinski definition) is 2. The van der Waals surface area contributed by atoms with E-state index in [1.807, 2.05) is 0 Å². The molecule has 19 heavy (non-hydrogen) atoms. The Morgan fingerprint density at radius 2 is 1.53 bits per heavy atom. The summed E-state index contributed by atoms with van der Waals surface area (Å²) < 4.78 is 0. The number of phenolic OH excluding ortho intramolecular Hbond substituents is 2. The lowest BCUT2D eigenvalue weighted by molar-refractivity contribution is 0.467. The van der Waals surface area contributed by atoms with Crippen LogP contribution in [0.5, 0.6) is 11.5 Å². The van der Waals surface area contributed by atoms with Crippen molar-refractivity contribution in [2.24, 2.45) is 0 Å². The molecule has 0 amide bonds. The van der Waals surface area contributed by atoms with E-state index in [0.717, 1.165) is 0 Å². The van der Waals surface area contributed by atoms with Crippen LogP contribution in [-0.4, -0.2) is 10.2 Å². The zero-order valence-corrected chi connectivity index (χ0v) is 12.1. The number of benzene rings is 2. The SMILES string of the molecule is Oc1ccc(Cl)cc1CCc1c(Cl)ccc(O)c1Cl. The minimum absolute atomic E-state index is 0.00335. The number of rotatable bonds is 3. The molecule has 2 aromatic carbocycles. The molecule has 0 radical (unpaired) electrons. The van der Waals surface area contributed by atoms with Crippen molar-refractivity contribution in [2.45, 2.75) is 12.8 Å². The Morgan fingerprint density at radius 1 is 0.842 bits per heavy atom. The zero-order chi connectivity index (χ0) is 14.0. The van der Waals surface area contributed by atoms with Gasteiger partial charge in [-0.1, -0.05) is 34.8 Å². The Labute approximate surface area is 126 Å². The van der Waals surface area contributed by atoms with E-state index < -0.39 is 0 Å². The molecular weight excluding hydrogens is 307 g/mol. The summed E-state index contributed by atoms with van der Waals surface area (Å²) in [7, 11) is 0. The van der Waals surface area contributed by atoms with E-state index in [1.165, 1.54) is 6.07 Å². The van der Waals surface area contributed by atoms with Crippen molar-refractivity contribution in [3.05, 3.63) is 56.5 Å². The Bertz CT molecular complexity index is 612. The Kier molecular flexibility index (Phi) is 4.46. The largest absolute Gasteiger partial charge is 0.508 e. The topological polar surface area (TPSA) is 40.5 Å². The van der Waals surface area contributed by atoms with Crippen molar-refractivity contribution in [1.29, 1.82) is 0 Å². The molecule has 5 heteroatoms. The maximum absolute atomic E-state index is 9.73. The third-order valence-electron chi connectivity index (χ3n) is 2.85. The molecule has 0 aromatic heterocycles. The molecule has 2 N–H and O–H groups in total. The van der Waals surface area contributed by atoms with Crippen LogP contribution in [0.15, 0.2) is 30.3 Å². The van der Waals surface area contributed by atoms with Crippen LogP contribution in [0.3, 0.4) is 0 Å². The van der Waals surface area contributed by atoms with Crippen molar-refractivity contribution < 1.29 is 10.2 Å². The highest BCUT2D eigenvalue weighted by atomic mass is 35.5. The van der Waals surface area contributed by atoms with Crippen molar-refractivity contribution in [3.8, 4) is 11.5 Å².